The number of methoxy groups -OCH3 is 3. The van der Waals surface area contributed by atoms with Crippen LogP contribution < -0.4 is 18.9 Å². The molecule has 14 nitrogen and oxygen atoms in total. The molecule has 1 heterocycles. The normalized spacial score (nSPS) is 20.3. The van der Waals surface area contributed by atoms with Gasteiger partial charge in [-0.1, -0.05) is 18.2 Å². The van der Waals surface area contributed by atoms with Gasteiger partial charge in [0.25, 0.3) is 0 Å². The van der Waals surface area contributed by atoms with Gasteiger partial charge in [-0.05, 0) is 29.8 Å². The molecule has 45 heavy (non-hydrogen) atoms. The molecule has 0 aliphatic carbocycles. The van der Waals surface area contributed by atoms with Gasteiger partial charge in [0, 0.05) is 34.8 Å². The number of carbonyl (C=O) groups is 4. The van der Waals surface area contributed by atoms with Gasteiger partial charge >= 0.3 is 23.9 Å². The highest BCUT2D eigenvalue weighted by molar-refractivity contribution is 5.70. The lowest BCUT2D eigenvalue weighted by Crippen LogP contribution is -2.42. The summed E-state index contributed by atoms with van der Waals surface area (Å²) in [5.74, 6) is -1.27. The summed E-state index contributed by atoms with van der Waals surface area (Å²) in [6, 6.07) is 11.6. The molecule has 0 spiro atoms. The second-order valence-corrected chi connectivity index (χ2v) is 9.79. The van der Waals surface area contributed by atoms with E-state index in [9.17, 15) is 19.2 Å². The lowest BCUT2D eigenvalue weighted by atomic mass is 10.0. The minimum Gasteiger partial charge on any atom is -0.493 e. The van der Waals surface area contributed by atoms with Crippen LogP contribution in [0.3, 0.4) is 0 Å². The third-order valence-electron chi connectivity index (χ3n) is 6.45. The van der Waals surface area contributed by atoms with Crippen molar-refractivity contribution in [1.29, 1.82) is 0 Å². The zero-order valence-electron chi connectivity index (χ0n) is 26.1. The Labute approximate surface area is 260 Å². The van der Waals surface area contributed by atoms with Gasteiger partial charge in [0.15, 0.2) is 47.6 Å². The Hall–Kier alpha value is -4.40. The summed E-state index contributed by atoms with van der Waals surface area (Å²) < 4.78 is 56.4. The molecular formula is C31H38O14. The number of ether oxygens (including phenoxy) is 10. The summed E-state index contributed by atoms with van der Waals surface area (Å²) in [6.07, 6.45) is -6.19. The monoisotopic (exact) mass is 634 g/mol. The summed E-state index contributed by atoms with van der Waals surface area (Å²) >= 11 is 0. The first kappa shape index (κ1) is 35.1. The van der Waals surface area contributed by atoms with Crippen LogP contribution in [0.1, 0.15) is 39.4 Å². The predicted molar refractivity (Wildman–Crippen MR) is 154 cm³/mol. The molecule has 1 fully saturated rings. The highest BCUT2D eigenvalue weighted by Gasteiger charge is 2.50. The standard InChI is InChI=1S/C31H38O14/c1-17(32)39-15-26(44-23-11-9-8-10-22(23)36-5)28(21-12-13-24(41-18(2)33)25(14-21)37-6)40-16-27-29(42-19(3)34)30(43-20(4)35)31(38-7)45-27/h8-14,26-31H,15-16H2,1-7H3/t26-,27+,28+,29+,30-,31-/m1/s1. The summed E-state index contributed by atoms with van der Waals surface area (Å²) in [5, 5.41) is 0. The fourth-order valence-electron chi connectivity index (χ4n) is 4.65. The number of carbonyl (C=O) groups excluding carboxylic acids is 4. The van der Waals surface area contributed by atoms with Crippen molar-refractivity contribution >= 4 is 23.9 Å². The van der Waals surface area contributed by atoms with Crippen molar-refractivity contribution in [2.75, 3.05) is 34.5 Å². The van der Waals surface area contributed by atoms with Crippen LogP contribution >= 0.6 is 0 Å². The molecule has 1 aliphatic heterocycles. The third kappa shape index (κ3) is 9.80. The van der Waals surface area contributed by atoms with E-state index < -0.39 is 60.7 Å². The summed E-state index contributed by atoms with van der Waals surface area (Å²) in [4.78, 5) is 47.4. The molecule has 14 heteroatoms. The number of hydrogen-bond donors (Lipinski definition) is 0. The van der Waals surface area contributed by atoms with Crippen LogP contribution in [0.2, 0.25) is 0 Å². The second kappa shape index (κ2) is 16.6. The van der Waals surface area contributed by atoms with E-state index in [-0.39, 0.29) is 24.7 Å². The molecule has 2 aromatic carbocycles. The van der Waals surface area contributed by atoms with Crippen molar-refractivity contribution in [3.63, 3.8) is 0 Å². The van der Waals surface area contributed by atoms with Crippen LogP contribution in [0.15, 0.2) is 42.5 Å². The van der Waals surface area contributed by atoms with Gasteiger partial charge in [-0.2, -0.15) is 0 Å². The van der Waals surface area contributed by atoms with Crippen molar-refractivity contribution in [1.82, 2.24) is 0 Å². The molecule has 0 bridgehead atoms. The van der Waals surface area contributed by atoms with E-state index in [1.165, 1.54) is 55.1 Å². The molecule has 0 saturated carbocycles. The Morgan fingerprint density at radius 3 is 1.98 bits per heavy atom. The van der Waals surface area contributed by atoms with Crippen LogP contribution in [0.5, 0.6) is 23.0 Å². The van der Waals surface area contributed by atoms with Crippen molar-refractivity contribution in [2.45, 2.75) is 64.5 Å². The second-order valence-electron chi connectivity index (χ2n) is 9.79. The molecule has 0 amide bonds. The van der Waals surface area contributed by atoms with E-state index in [0.29, 0.717) is 17.1 Å². The van der Waals surface area contributed by atoms with E-state index in [0.717, 1.165) is 0 Å². The number of para-hydroxylation sites is 2. The maximum Gasteiger partial charge on any atom is 0.308 e. The van der Waals surface area contributed by atoms with Crippen LogP contribution in [-0.2, 0) is 47.6 Å². The fourth-order valence-corrected chi connectivity index (χ4v) is 4.65. The zero-order chi connectivity index (χ0) is 33.1. The first-order valence-electron chi connectivity index (χ1n) is 13.9. The Morgan fingerprint density at radius 1 is 0.756 bits per heavy atom. The number of rotatable bonds is 15. The minimum atomic E-state index is -1.08. The zero-order valence-corrected chi connectivity index (χ0v) is 26.1. The average molecular weight is 635 g/mol. The van der Waals surface area contributed by atoms with Gasteiger partial charge in [-0.25, -0.2) is 0 Å². The van der Waals surface area contributed by atoms with Gasteiger partial charge in [0.1, 0.15) is 18.8 Å². The minimum absolute atomic E-state index is 0.163. The smallest absolute Gasteiger partial charge is 0.308 e. The first-order valence-corrected chi connectivity index (χ1v) is 13.9. The lowest BCUT2D eigenvalue weighted by molar-refractivity contribution is -0.182. The number of esters is 4. The van der Waals surface area contributed by atoms with E-state index in [4.69, 9.17) is 47.4 Å². The largest absolute Gasteiger partial charge is 0.493 e. The maximum absolute atomic E-state index is 12.0. The molecule has 1 aliphatic rings. The van der Waals surface area contributed by atoms with Gasteiger partial charge in [0.05, 0.1) is 20.8 Å². The van der Waals surface area contributed by atoms with Crippen molar-refractivity contribution in [3.8, 4) is 23.0 Å². The summed E-state index contributed by atoms with van der Waals surface area (Å²) in [6.45, 7) is 4.43. The van der Waals surface area contributed by atoms with Crippen LogP contribution in [0.4, 0.5) is 0 Å². The van der Waals surface area contributed by atoms with Crippen LogP contribution in [-0.4, -0.2) is 89.1 Å². The highest BCUT2D eigenvalue weighted by atomic mass is 16.7. The van der Waals surface area contributed by atoms with Gasteiger partial charge in [0.2, 0.25) is 0 Å². The van der Waals surface area contributed by atoms with Crippen molar-refractivity contribution < 1.29 is 66.5 Å². The molecule has 2 aromatic rings. The van der Waals surface area contributed by atoms with E-state index in [2.05, 4.69) is 0 Å². The number of hydrogen-bond acceptors (Lipinski definition) is 14. The highest BCUT2D eigenvalue weighted by Crippen LogP contribution is 2.37. The van der Waals surface area contributed by atoms with Gasteiger partial charge < -0.3 is 47.4 Å². The van der Waals surface area contributed by atoms with Gasteiger partial charge in [-0.3, -0.25) is 19.2 Å². The average Bonchev–Trinajstić information content (AvgIpc) is 3.30. The molecule has 6 atom stereocenters. The molecule has 0 aromatic heterocycles. The molecule has 1 saturated heterocycles. The molecular weight excluding hydrogens is 596 g/mol. The van der Waals surface area contributed by atoms with Gasteiger partial charge in [-0.15, -0.1) is 0 Å². The molecule has 0 unspecified atom stereocenters. The SMILES string of the molecule is COc1cc([C@H](OC[C@@H]2O[C@@H](OC)[C@H](OC(C)=O)[C@H]2OC(C)=O)[C@@H](COC(C)=O)Oc2ccccc2OC)ccc1OC(C)=O. The van der Waals surface area contributed by atoms with E-state index >= 15 is 0 Å². The quantitative estimate of drug-likeness (QED) is 0.160. The Kier molecular flexibility index (Phi) is 12.9. The fraction of sp³-hybridized carbons (Fsp3) is 0.484. The van der Waals surface area contributed by atoms with Crippen molar-refractivity contribution in [2.24, 2.45) is 0 Å². The Bertz CT molecular complexity index is 1330. The summed E-state index contributed by atoms with van der Waals surface area (Å²) in [5.41, 5.74) is 0.469. The predicted octanol–water partition coefficient (Wildman–Crippen LogP) is 2.93. The Balaban J connectivity index is 2.05. The number of benzene rings is 2. The third-order valence-corrected chi connectivity index (χ3v) is 6.45. The van der Waals surface area contributed by atoms with Crippen molar-refractivity contribution in [3.05, 3.63) is 48.0 Å². The maximum atomic E-state index is 12.0. The first-order chi connectivity index (χ1) is 21.5. The molecule has 0 radical (unpaired) electrons. The van der Waals surface area contributed by atoms with Crippen LogP contribution in [0, 0.1) is 0 Å². The molecule has 246 valence electrons. The van der Waals surface area contributed by atoms with E-state index in [1.807, 2.05) is 0 Å². The molecule has 0 N–H and O–H groups in total. The molecule has 3 rings (SSSR count). The summed E-state index contributed by atoms with van der Waals surface area (Å²) in [7, 11) is 4.24. The van der Waals surface area contributed by atoms with Crippen LogP contribution in [0.25, 0.3) is 0 Å². The van der Waals surface area contributed by atoms with E-state index in [1.54, 1.807) is 36.4 Å². The Morgan fingerprint density at radius 2 is 1.40 bits per heavy atom. The topological polar surface area (TPSA) is 161 Å². The lowest BCUT2D eigenvalue weighted by Gasteiger charge is -2.30.